The van der Waals surface area contributed by atoms with E-state index in [1.165, 1.54) is 31.5 Å². The molecule has 110 valence electrons. The molecule has 2 unspecified atom stereocenters. The zero-order valence-electron chi connectivity index (χ0n) is 12.7. The molecule has 20 heavy (non-hydrogen) atoms. The van der Waals surface area contributed by atoms with E-state index in [0.29, 0.717) is 0 Å². The summed E-state index contributed by atoms with van der Waals surface area (Å²) in [5, 5.41) is 0. The summed E-state index contributed by atoms with van der Waals surface area (Å²) < 4.78 is 12.0. The first-order chi connectivity index (χ1) is 9.74. The number of rotatable bonds is 5. The van der Waals surface area contributed by atoms with Crippen LogP contribution in [0, 0.1) is 0 Å². The lowest BCUT2D eigenvalue weighted by Crippen LogP contribution is -2.43. The summed E-state index contributed by atoms with van der Waals surface area (Å²) in [6, 6.07) is 6.40. The van der Waals surface area contributed by atoms with Gasteiger partial charge < -0.3 is 9.47 Å². The molecule has 2 aliphatic heterocycles. The van der Waals surface area contributed by atoms with Gasteiger partial charge in [0.2, 0.25) is 0 Å². The van der Waals surface area contributed by atoms with Gasteiger partial charge in [-0.3, -0.25) is 4.90 Å². The largest absolute Gasteiger partial charge is 0.493 e. The minimum atomic E-state index is 0.0256. The highest BCUT2D eigenvalue weighted by atomic mass is 16.5. The Hall–Kier alpha value is -1.22. The van der Waals surface area contributed by atoms with Crippen LogP contribution in [0.4, 0.5) is 0 Å². The minimum Gasteiger partial charge on any atom is -0.493 e. The van der Waals surface area contributed by atoms with E-state index in [4.69, 9.17) is 9.47 Å². The maximum absolute atomic E-state index is 6.42. The average Bonchev–Trinajstić information content (AvgIpc) is 2.75. The average molecular weight is 275 g/mol. The number of nitrogens with zero attached hydrogens (tertiary/aromatic N) is 1. The van der Waals surface area contributed by atoms with Crippen LogP contribution in [0.3, 0.4) is 0 Å². The van der Waals surface area contributed by atoms with Gasteiger partial charge in [-0.05, 0) is 43.5 Å². The molecule has 0 aromatic heterocycles. The van der Waals surface area contributed by atoms with E-state index in [9.17, 15) is 0 Å². The summed E-state index contributed by atoms with van der Waals surface area (Å²) in [7, 11) is 1.73. The normalized spacial score (nSPS) is 28.4. The molecule has 2 bridgehead atoms. The predicted molar refractivity (Wildman–Crippen MR) is 80.6 cm³/mol. The van der Waals surface area contributed by atoms with Crippen molar-refractivity contribution in [1.82, 2.24) is 4.90 Å². The summed E-state index contributed by atoms with van der Waals surface area (Å²) >= 11 is 0. The maximum Gasteiger partial charge on any atom is 0.162 e. The molecule has 2 saturated heterocycles. The molecule has 0 aliphatic carbocycles. The molecule has 1 aromatic carbocycles. The molecule has 1 aromatic rings. The number of hydrogen-bond acceptors (Lipinski definition) is 3. The third-order valence-electron chi connectivity index (χ3n) is 4.60. The van der Waals surface area contributed by atoms with Crippen molar-refractivity contribution < 1.29 is 9.47 Å². The topological polar surface area (TPSA) is 21.7 Å². The second kappa shape index (κ2) is 5.65. The lowest BCUT2D eigenvalue weighted by molar-refractivity contribution is 0.0427. The summed E-state index contributed by atoms with van der Waals surface area (Å²) in [4.78, 5) is 2.52. The maximum atomic E-state index is 6.42. The molecular weight excluding hydrogens is 250 g/mol. The Kier molecular flexibility index (Phi) is 3.88. The van der Waals surface area contributed by atoms with Crippen molar-refractivity contribution in [3.63, 3.8) is 0 Å². The molecule has 0 radical (unpaired) electrons. The van der Waals surface area contributed by atoms with Crippen LogP contribution in [0.2, 0.25) is 0 Å². The lowest BCUT2D eigenvalue weighted by Gasteiger charge is -2.35. The van der Waals surface area contributed by atoms with Gasteiger partial charge in [0.05, 0.1) is 7.11 Å². The Morgan fingerprint density at radius 1 is 1.20 bits per heavy atom. The van der Waals surface area contributed by atoms with Crippen LogP contribution in [0.25, 0.3) is 0 Å². The van der Waals surface area contributed by atoms with Gasteiger partial charge in [-0.25, -0.2) is 0 Å². The summed E-state index contributed by atoms with van der Waals surface area (Å²) in [5.74, 6) is 1.80. The van der Waals surface area contributed by atoms with Crippen molar-refractivity contribution in [2.24, 2.45) is 0 Å². The number of hydrogen-bond donors (Lipinski definition) is 0. The zero-order valence-corrected chi connectivity index (χ0v) is 12.7. The molecule has 0 N–H and O–H groups in total. The minimum absolute atomic E-state index is 0.0256. The fourth-order valence-electron chi connectivity index (χ4n) is 3.56. The van der Waals surface area contributed by atoms with E-state index < -0.39 is 0 Å². The molecule has 2 fully saturated rings. The first-order valence-corrected chi connectivity index (χ1v) is 7.83. The van der Waals surface area contributed by atoms with Crippen LogP contribution in [0.5, 0.6) is 11.5 Å². The smallest absolute Gasteiger partial charge is 0.162 e. The van der Waals surface area contributed by atoms with E-state index in [2.05, 4.69) is 30.0 Å². The van der Waals surface area contributed by atoms with Gasteiger partial charge in [0.15, 0.2) is 11.5 Å². The fourth-order valence-corrected chi connectivity index (χ4v) is 3.56. The molecule has 3 heteroatoms. The molecule has 0 spiro atoms. The first kappa shape index (κ1) is 13.7. The third kappa shape index (κ3) is 2.64. The van der Waals surface area contributed by atoms with Gasteiger partial charge >= 0.3 is 0 Å². The van der Waals surface area contributed by atoms with E-state index in [-0.39, 0.29) is 5.60 Å². The zero-order chi connectivity index (χ0) is 14.0. The number of methoxy groups -OCH3 is 1. The van der Waals surface area contributed by atoms with Crippen LogP contribution in [0.1, 0.15) is 38.2 Å². The van der Waals surface area contributed by atoms with Crippen LogP contribution in [0.15, 0.2) is 18.2 Å². The Morgan fingerprint density at radius 2 is 2.10 bits per heavy atom. The summed E-state index contributed by atoms with van der Waals surface area (Å²) in [6.45, 7) is 5.69. The number of piperidine rings is 1. The molecule has 0 amide bonds. The molecule has 2 heterocycles. The molecule has 3 rings (SSSR count). The van der Waals surface area contributed by atoms with Crippen molar-refractivity contribution in [2.45, 2.75) is 44.6 Å². The number of fused-ring (bicyclic) bond motifs is 2. The second-order valence-corrected chi connectivity index (χ2v) is 6.15. The quantitative estimate of drug-likeness (QED) is 0.823. The Morgan fingerprint density at radius 3 is 2.90 bits per heavy atom. The Balaban J connectivity index is 1.79. The highest BCUT2D eigenvalue weighted by Gasteiger charge is 2.43. The van der Waals surface area contributed by atoms with E-state index in [1.807, 2.05) is 0 Å². The Bertz CT molecular complexity index is 470. The first-order valence-electron chi connectivity index (χ1n) is 7.83. The van der Waals surface area contributed by atoms with Crippen LogP contribution in [-0.2, 0) is 6.42 Å². The molecular formula is C17H25NO2. The van der Waals surface area contributed by atoms with Crippen molar-refractivity contribution >= 4 is 0 Å². The number of ether oxygens (including phenoxy) is 2. The van der Waals surface area contributed by atoms with Gasteiger partial charge in [-0.15, -0.1) is 0 Å². The standard InChI is InChI=1S/C17H25NO2/c1-3-5-14-6-7-15(16(12-14)19-2)20-17-8-4-10-18(13-17)11-9-17/h6-7,12H,3-5,8-11,13H2,1-2H3. The van der Waals surface area contributed by atoms with Crippen molar-refractivity contribution in [1.29, 1.82) is 0 Å². The van der Waals surface area contributed by atoms with E-state index in [0.717, 1.165) is 37.3 Å². The lowest BCUT2D eigenvalue weighted by atomic mass is 9.94. The number of aryl methyl sites for hydroxylation is 1. The monoisotopic (exact) mass is 275 g/mol. The SMILES string of the molecule is CCCc1ccc(OC23CCCN(CC2)C3)c(OC)c1. The second-order valence-electron chi connectivity index (χ2n) is 6.15. The van der Waals surface area contributed by atoms with Gasteiger partial charge in [0.1, 0.15) is 5.60 Å². The predicted octanol–water partition coefficient (Wildman–Crippen LogP) is 3.26. The van der Waals surface area contributed by atoms with Crippen molar-refractivity contribution in [3.8, 4) is 11.5 Å². The third-order valence-corrected chi connectivity index (χ3v) is 4.60. The van der Waals surface area contributed by atoms with Crippen LogP contribution < -0.4 is 9.47 Å². The molecule has 2 aliphatic rings. The van der Waals surface area contributed by atoms with Gasteiger partial charge in [0.25, 0.3) is 0 Å². The van der Waals surface area contributed by atoms with Crippen molar-refractivity contribution in [3.05, 3.63) is 23.8 Å². The summed E-state index contributed by atoms with van der Waals surface area (Å²) in [5.41, 5.74) is 1.35. The fraction of sp³-hybridized carbons (Fsp3) is 0.647. The van der Waals surface area contributed by atoms with Gasteiger partial charge in [0, 0.05) is 19.5 Å². The molecule has 3 nitrogen and oxygen atoms in total. The number of benzene rings is 1. The van der Waals surface area contributed by atoms with E-state index >= 15 is 0 Å². The van der Waals surface area contributed by atoms with Crippen molar-refractivity contribution in [2.75, 3.05) is 26.7 Å². The molecule has 0 saturated carbocycles. The molecule has 2 atom stereocenters. The van der Waals surface area contributed by atoms with Gasteiger partial charge in [-0.1, -0.05) is 19.4 Å². The van der Waals surface area contributed by atoms with Gasteiger partial charge in [-0.2, -0.15) is 0 Å². The Labute approximate surface area is 121 Å². The summed E-state index contributed by atoms with van der Waals surface area (Å²) in [6.07, 6.45) is 5.81. The van der Waals surface area contributed by atoms with Crippen LogP contribution >= 0.6 is 0 Å². The van der Waals surface area contributed by atoms with E-state index in [1.54, 1.807) is 7.11 Å². The highest BCUT2D eigenvalue weighted by Crippen LogP contribution is 2.39. The highest BCUT2D eigenvalue weighted by molar-refractivity contribution is 5.43. The van der Waals surface area contributed by atoms with Crippen LogP contribution in [-0.4, -0.2) is 37.2 Å².